The summed E-state index contributed by atoms with van der Waals surface area (Å²) in [6.07, 6.45) is 2.68. The molecule has 4 nitrogen and oxygen atoms in total. The van der Waals surface area contributed by atoms with Gasteiger partial charge in [0.05, 0.1) is 0 Å². The second-order valence-electron chi connectivity index (χ2n) is 4.87. The molecule has 0 unspecified atom stereocenters. The Balaban J connectivity index is 1.64. The Morgan fingerprint density at radius 1 is 1.47 bits per heavy atom. The van der Waals surface area contributed by atoms with E-state index in [1.807, 2.05) is 31.3 Å². The van der Waals surface area contributed by atoms with Crippen molar-refractivity contribution in [2.75, 3.05) is 5.32 Å². The van der Waals surface area contributed by atoms with Crippen molar-refractivity contribution in [2.45, 2.75) is 12.3 Å². The van der Waals surface area contributed by atoms with Crippen LogP contribution in [-0.2, 0) is 11.8 Å². The van der Waals surface area contributed by atoms with Gasteiger partial charge in [-0.2, -0.15) is 5.10 Å². The highest BCUT2D eigenvalue weighted by Crippen LogP contribution is 2.48. The maximum atomic E-state index is 12.1. The molecule has 0 aliphatic heterocycles. The maximum Gasteiger partial charge on any atom is 0.229 e. The predicted octanol–water partition coefficient (Wildman–Crippen LogP) is 2.82. The monoisotopic (exact) mass is 275 g/mol. The van der Waals surface area contributed by atoms with Gasteiger partial charge in [0.1, 0.15) is 0 Å². The number of nitrogens with zero attached hydrogens (tertiary/aromatic N) is 2. The largest absolute Gasteiger partial charge is 0.309 e. The standard InChI is InChI=1S/C14H14ClN3O/c1-18-6-5-13(17-18)16-14(19)12-8-11(12)9-3-2-4-10(15)7-9/h2-7,11-12H,8H2,1H3,(H,16,17,19)/t11-,12-/m1/s1. The van der Waals surface area contributed by atoms with E-state index in [2.05, 4.69) is 10.4 Å². The van der Waals surface area contributed by atoms with Crippen molar-refractivity contribution in [2.24, 2.45) is 13.0 Å². The molecule has 1 N–H and O–H groups in total. The molecule has 1 fully saturated rings. The van der Waals surface area contributed by atoms with Gasteiger partial charge in [-0.15, -0.1) is 0 Å². The number of rotatable bonds is 3. The van der Waals surface area contributed by atoms with Gasteiger partial charge in [0.2, 0.25) is 5.91 Å². The smallest absolute Gasteiger partial charge is 0.229 e. The summed E-state index contributed by atoms with van der Waals surface area (Å²) >= 11 is 5.96. The molecule has 1 amide bonds. The highest BCUT2D eigenvalue weighted by Gasteiger charge is 2.44. The maximum absolute atomic E-state index is 12.1. The first-order chi connectivity index (χ1) is 9.13. The van der Waals surface area contributed by atoms with Crippen molar-refractivity contribution in [3.05, 3.63) is 47.1 Å². The molecule has 5 heteroatoms. The molecular weight excluding hydrogens is 262 g/mol. The third-order valence-electron chi connectivity index (χ3n) is 3.37. The minimum absolute atomic E-state index is 0.0282. The summed E-state index contributed by atoms with van der Waals surface area (Å²) in [6, 6.07) is 9.50. The van der Waals surface area contributed by atoms with Crippen LogP contribution in [0.2, 0.25) is 5.02 Å². The number of carbonyl (C=O) groups is 1. The molecule has 0 radical (unpaired) electrons. The van der Waals surface area contributed by atoms with Gasteiger partial charge in [0.25, 0.3) is 0 Å². The van der Waals surface area contributed by atoms with Crippen molar-refractivity contribution in [1.82, 2.24) is 9.78 Å². The van der Waals surface area contributed by atoms with E-state index in [1.165, 1.54) is 0 Å². The minimum atomic E-state index is 0.0282. The van der Waals surface area contributed by atoms with E-state index in [-0.39, 0.29) is 17.7 Å². The lowest BCUT2D eigenvalue weighted by molar-refractivity contribution is -0.117. The Labute approximate surface area is 116 Å². The summed E-state index contributed by atoms with van der Waals surface area (Å²) in [5.74, 6) is 0.941. The zero-order valence-corrected chi connectivity index (χ0v) is 11.3. The van der Waals surface area contributed by atoms with Gasteiger partial charge in [-0.25, -0.2) is 0 Å². The van der Waals surface area contributed by atoms with Crippen LogP contribution >= 0.6 is 11.6 Å². The summed E-state index contributed by atoms with van der Waals surface area (Å²) in [5, 5.41) is 7.69. The second kappa shape index (κ2) is 4.70. The highest BCUT2D eigenvalue weighted by atomic mass is 35.5. The lowest BCUT2D eigenvalue weighted by Crippen LogP contribution is -2.15. The molecule has 2 atom stereocenters. The van der Waals surface area contributed by atoms with Gasteiger partial charge in [0.15, 0.2) is 5.82 Å². The van der Waals surface area contributed by atoms with Crippen molar-refractivity contribution in [3.63, 3.8) is 0 Å². The molecule has 0 spiro atoms. The first-order valence-corrected chi connectivity index (χ1v) is 6.57. The zero-order valence-electron chi connectivity index (χ0n) is 10.5. The van der Waals surface area contributed by atoms with E-state index in [4.69, 9.17) is 11.6 Å². The van der Waals surface area contributed by atoms with E-state index in [0.717, 1.165) is 12.0 Å². The number of benzene rings is 1. The zero-order chi connectivity index (χ0) is 13.4. The number of aromatic nitrogens is 2. The van der Waals surface area contributed by atoms with Crippen LogP contribution in [0.1, 0.15) is 17.9 Å². The number of hydrogen-bond acceptors (Lipinski definition) is 2. The third kappa shape index (κ3) is 2.63. The van der Waals surface area contributed by atoms with E-state index >= 15 is 0 Å². The number of amides is 1. The fraction of sp³-hybridized carbons (Fsp3) is 0.286. The summed E-state index contributed by atoms with van der Waals surface area (Å²) in [5.41, 5.74) is 1.13. The van der Waals surface area contributed by atoms with Gasteiger partial charge < -0.3 is 5.32 Å². The van der Waals surface area contributed by atoms with Crippen LogP contribution in [0, 0.1) is 5.92 Å². The fourth-order valence-electron chi connectivity index (χ4n) is 2.29. The average Bonchev–Trinajstić information content (AvgIpc) is 3.08. The molecule has 0 saturated heterocycles. The molecule has 2 aromatic rings. The topological polar surface area (TPSA) is 46.9 Å². The van der Waals surface area contributed by atoms with Crippen molar-refractivity contribution in [1.29, 1.82) is 0 Å². The third-order valence-corrected chi connectivity index (χ3v) is 3.60. The van der Waals surface area contributed by atoms with Crippen LogP contribution in [-0.4, -0.2) is 15.7 Å². The molecule has 1 aromatic carbocycles. The summed E-state index contributed by atoms with van der Waals surface area (Å²) in [6.45, 7) is 0. The molecule has 0 bridgehead atoms. The molecule has 3 rings (SSSR count). The highest BCUT2D eigenvalue weighted by molar-refractivity contribution is 6.30. The van der Waals surface area contributed by atoms with Gasteiger partial charge in [0, 0.05) is 30.3 Å². The number of hydrogen-bond donors (Lipinski definition) is 1. The molecular formula is C14H14ClN3O. The van der Waals surface area contributed by atoms with Crippen LogP contribution in [0.25, 0.3) is 0 Å². The normalized spacial score (nSPS) is 21.2. The van der Waals surface area contributed by atoms with E-state index in [9.17, 15) is 4.79 Å². The molecule has 1 aliphatic rings. The van der Waals surface area contributed by atoms with Crippen LogP contribution in [0.5, 0.6) is 0 Å². The van der Waals surface area contributed by atoms with E-state index in [1.54, 1.807) is 16.9 Å². The minimum Gasteiger partial charge on any atom is -0.309 e. The quantitative estimate of drug-likeness (QED) is 0.936. The molecule has 1 heterocycles. The summed E-state index contributed by atoms with van der Waals surface area (Å²) in [7, 11) is 1.82. The Morgan fingerprint density at radius 2 is 2.32 bits per heavy atom. The predicted molar refractivity (Wildman–Crippen MR) is 74.1 cm³/mol. The van der Waals surface area contributed by atoms with Crippen LogP contribution in [0.3, 0.4) is 0 Å². The van der Waals surface area contributed by atoms with Crippen LogP contribution < -0.4 is 5.32 Å². The number of aryl methyl sites for hydroxylation is 1. The van der Waals surface area contributed by atoms with E-state index in [0.29, 0.717) is 10.8 Å². The summed E-state index contributed by atoms with van der Waals surface area (Å²) < 4.78 is 1.66. The average molecular weight is 276 g/mol. The van der Waals surface area contributed by atoms with Crippen molar-refractivity contribution >= 4 is 23.3 Å². The fourth-order valence-corrected chi connectivity index (χ4v) is 2.49. The molecule has 1 saturated carbocycles. The SMILES string of the molecule is Cn1ccc(NC(=O)[C@@H]2C[C@@H]2c2cccc(Cl)c2)n1. The Hall–Kier alpha value is -1.81. The summed E-state index contributed by atoms with van der Waals surface area (Å²) in [4.78, 5) is 12.1. The van der Waals surface area contributed by atoms with Gasteiger partial charge in [-0.1, -0.05) is 23.7 Å². The van der Waals surface area contributed by atoms with Gasteiger partial charge in [-0.3, -0.25) is 9.48 Å². The number of anilines is 1. The van der Waals surface area contributed by atoms with Crippen molar-refractivity contribution in [3.8, 4) is 0 Å². The van der Waals surface area contributed by atoms with Gasteiger partial charge in [-0.05, 0) is 30.0 Å². The Morgan fingerprint density at radius 3 is 3.00 bits per heavy atom. The number of nitrogens with one attached hydrogen (secondary N) is 1. The van der Waals surface area contributed by atoms with Crippen LogP contribution in [0.4, 0.5) is 5.82 Å². The van der Waals surface area contributed by atoms with E-state index < -0.39 is 0 Å². The Bertz CT molecular complexity index is 623. The molecule has 1 aliphatic carbocycles. The van der Waals surface area contributed by atoms with Crippen molar-refractivity contribution < 1.29 is 4.79 Å². The lowest BCUT2D eigenvalue weighted by Gasteiger charge is -2.02. The number of halogens is 1. The Kier molecular flexibility index (Phi) is 3.03. The first-order valence-electron chi connectivity index (χ1n) is 6.19. The first kappa shape index (κ1) is 12.2. The lowest BCUT2D eigenvalue weighted by atomic mass is 10.1. The van der Waals surface area contributed by atoms with Crippen LogP contribution in [0.15, 0.2) is 36.5 Å². The number of carbonyl (C=O) groups excluding carboxylic acids is 1. The molecule has 19 heavy (non-hydrogen) atoms. The molecule has 1 aromatic heterocycles. The second-order valence-corrected chi connectivity index (χ2v) is 5.30. The molecule has 98 valence electrons. The van der Waals surface area contributed by atoms with Gasteiger partial charge >= 0.3 is 0 Å².